The average Bonchev–Trinajstić information content (AvgIpc) is 2.43. The van der Waals surface area contributed by atoms with Crippen molar-refractivity contribution in [3.05, 3.63) is 0 Å². The first kappa shape index (κ1) is 8.96. The normalized spacial score (nSPS) is 25.0. The third-order valence-electron chi connectivity index (χ3n) is 1.66. The van der Waals surface area contributed by atoms with Gasteiger partial charge in [0.1, 0.15) is 0 Å². The van der Waals surface area contributed by atoms with E-state index in [4.69, 9.17) is 0 Å². The summed E-state index contributed by atoms with van der Waals surface area (Å²) >= 11 is 0. The van der Waals surface area contributed by atoms with Gasteiger partial charge in [-0.3, -0.25) is 0 Å². The van der Waals surface area contributed by atoms with Crippen LogP contribution in [0, 0.1) is 0 Å². The average molecular weight is 129 g/mol. The van der Waals surface area contributed by atoms with Crippen LogP contribution in [0.1, 0.15) is 40.0 Å². The molecule has 0 radical (unpaired) electrons. The van der Waals surface area contributed by atoms with Gasteiger partial charge in [-0.1, -0.05) is 20.8 Å². The Morgan fingerprint density at radius 3 is 2.33 bits per heavy atom. The first-order chi connectivity index (χ1) is 4.43. The monoisotopic (exact) mass is 129 g/mol. The van der Waals surface area contributed by atoms with Crippen LogP contribution in [0.5, 0.6) is 0 Å². The molecule has 0 bridgehead atoms. The van der Waals surface area contributed by atoms with Crippen LogP contribution in [-0.2, 0) is 0 Å². The van der Waals surface area contributed by atoms with E-state index in [1.807, 2.05) is 13.8 Å². The highest BCUT2D eigenvalue weighted by Crippen LogP contribution is 2.06. The van der Waals surface area contributed by atoms with Gasteiger partial charge in [0.05, 0.1) is 0 Å². The predicted octanol–water partition coefficient (Wildman–Crippen LogP) is 2.17. The van der Waals surface area contributed by atoms with Gasteiger partial charge in [-0.05, 0) is 25.8 Å². The SMILES string of the molecule is CC.CC[C@H]1CCCN1. The number of rotatable bonds is 1. The molecule has 1 heteroatoms. The Morgan fingerprint density at radius 1 is 1.44 bits per heavy atom. The summed E-state index contributed by atoms with van der Waals surface area (Å²) < 4.78 is 0. The second kappa shape index (κ2) is 6.09. The minimum absolute atomic E-state index is 0.847. The number of hydrogen-bond donors (Lipinski definition) is 1. The Morgan fingerprint density at radius 2 is 2.11 bits per heavy atom. The van der Waals surface area contributed by atoms with E-state index in [1.54, 1.807) is 0 Å². The van der Waals surface area contributed by atoms with E-state index >= 15 is 0 Å². The Kier molecular flexibility index (Phi) is 6.06. The first-order valence-corrected chi connectivity index (χ1v) is 4.17. The summed E-state index contributed by atoms with van der Waals surface area (Å²) in [5, 5.41) is 3.41. The molecular weight excluding hydrogens is 110 g/mol. The summed E-state index contributed by atoms with van der Waals surface area (Å²) in [7, 11) is 0. The molecule has 1 nitrogen and oxygen atoms in total. The highest BCUT2D eigenvalue weighted by molar-refractivity contribution is 4.71. The van der Waals surface area contributed by atoms with Gasteiger partial charge in [-0.15, -0.1) is 0 Å². The maximum absolute atomic E-state index is 3.41. The lowest BCUT2D eigenvalue weighted by Crippen LogP contribution is -2.19. The van der Waals surface area contributed by atoms with Crippen LogP contribution in [0.15, 0.2) is 0 Å². The Labute approximate surface area is 58.8 Å². The molecule has 1 aliphatic heterocycles. The summed E-state index contributed by atoms with van der Waals surface area (Å²) in [6.07, 6.45) is 4.09. The van der Waals surface area contributed by atoms with Crippen LogP contribution in [0.2, 0.25) is 0 Å². The van der Waals surface area contributed by atoms with Crippen molar-refractivity contribution in [3.63, 3.8) is 0 Å². The van der Waals surface area contributed by atoms with Gasteiger partial charge in [0, 0.05) is 6.04 Å². The van der Waals surface area contributed by atoms with E-state index in [0.717, 1.165) is 6.04 Å². The van der Waals surface area contributed by atoms with Crippen molar-refractivity contribution in [2.75, 3.05) is 6.54 Å². The number of nitrogens with one attached hydrogen (secondary N) is 1. The highest BCUT2D eigenvalue weighted by atomic mass is 14.9. The molecular formula is C8H19N. The molecule has 0 saturated carbocycles. The van der Waals surface area contributed by atoms with Crippen LogP contribution in [0.25, 0.3) is 0 Å². The third-order valence-corrected chi connectivity index (χ3v) is 1.66. The molecule has 1 atom stereocenters. The lowest BCUT2D eigenvalue weighted by Gasteiger charge is -2.02. The van der Waals surface area contributed by atoms with Crippen molar-refractivity contribution in [2.24, 2.45) is 0 Å². The molecule has 1 rings (SSSR count). The molecule has 1 aliphatic rings. The molecule has 0 aromatic carbocycles. The molecule has 0 unspecified atom stereocenters. The minimum atomic E-state index is 0.847. The third kappa shape index (κ3) is 3.52. The van der Waals surface area contributed by atoms with Crippen LogP contribution in [-0.4, -0.2) is 12.6 Å². The lowest BCUT2D eigenvalue weighted by atomic mass is 10.2. The van der Waals surface area contributed by atoms with Gasteiger partial charge in [-0.25, -0.2) is 0 Å². The zero-order chi connectivity index (χ0) is 7.11. The largest absolute Gasteiger partial charge is 0.314 e. The fraction of sp³-hybridized carbons (Fsp3) is 1.00. The Hall–Kier alpha value is -0.0400. The molecule has 0 aliphatic carbocycles. The summed E-state index contributed by atoms with van der Waals surface area (Å²) in [5.74, 6) is 0. The Balaban J connectivity index is 0.000000291. The van der Waals surface area contributed by atoms with Gasteiger partial charge in [0.15, 0.2) is 0 Å². The van der Waals surface area contributed by atoms with Crippen molar-refractivity contribution in [1.29, 1.82) is 0 Å². The Bertz CT molecular complexity index is 46.5. The van der Waals surface area contributed by atoms with E-state index in [0.29, 0.717) is 0 Å². The van der Waals surface area contributed by atoms with Crippen LogP contribution in [0.3, 0.4) is 0 Å². The van der Waals surface area contributed by atoms with Gasteiger partial charge < -0.3 is 5.32 Å². The molecule has 0 amide bonds. The molecule has 56 valence electrons. The van der Waals surface area contributed by atoms with Gasteiger partial charge >= 0.3 is 0 Å². The molecule has 9 heavy (non-hydrogen) atoms. The summed E-state index contributed by atoms with van der Waals surface area (Å²) in [4.78, 5) is 0. The summed E-state index contributed by atoms with van der Waals surface area (Å²) in [6, 6.07) is 0.847. The first-order valence-electron chi connectivity index (χ1n) is 4.17. The van der Waals surface area contributed by atoms with E-state index in [2.05, 4.69) is 12.2 Å². The van der Waals surface area contributed by atoms with Crippen molar-refractivity contribution in [3.8, 4) is 0 Å². The van der Waals surface area contributed by atoms with Crippen LogP contribution in [0.4, 0.5) is 0 Å². The topological polar surface area (TPSA) is 12.0 Å². The van der Waals surface area contributed by atoms with Crippen molar-refractivity contribution in [2.45, 2.75) is 46.1 Å². The van der Waals surface area contributed by atoms with Gasteiger partial charge in [-0.2, -0.15) is 0 Å². The maximum atomic E-state index is 3.41. The second-order valence-electron chi connectivity index (χ2n) is 2.20. The standard InChI is InChI=1S/C6H13N.C2H6/c1-2-6-4-3-5-7-6;1-2/h6-7H,2-5H2,1H3;1-2H3/t6-;/m0./s1. The molecule has 0 aromatic heterocycles. The molecule has 0 aromatic rings. The summed E-state index contributed by atoms with van der Waals surface area (Å²) in [6.45, 7) is 7.49. The fourth-order valence-corrected chi connectivity index (χ4v) is 1.11. The lowest BCUT2D eigenvalue weighted by molar-refractivity contribution is 0.587. The fourth-order valence-electron chi connectivity index (χ4n) is 1.11. The van der Waals surface area contributed by atoms with Gasteiger partial charge in [0.25, 0.3) is 0 Å². The summed E-state index contributed by atoms with van der Waals surface area (Å²) in [5.41, 5.74) is 0. The van der Waals surface area contributed by atoms with E-state index < -0.39 is 0 Å². The smallest absolute Gasteiger partial charge is 0.00649 e. The molecule has 1 saturated heterocycles. The minimum Gasteiger partial charge on any atom is -0.314 e. The highest BCUT2D eigenvalue weighted by Gasteiger charge is 2.09. The molecule has 0 spiro atoms. The van der Waals surface area contributed by atoms with E-state index in [9.17, 15) is 0 Å². The van der Waals surface area contributed by atoms with E-state index in [1.165, 1.54) is 25.8 Å². The van der Waals surface area contributed by atoms with Crippen LogP contribution < -0.4 is 5.32 Å². The zero-order valence-corrected chi connectivity index (χ0v) is 6.91. The van der Waals surface area contributed by atoms with Crippen molar-refractivity contribution >= 4 is 0 Å². The van der Waals surface area contributed by atoms with Crippen LogP contribution >= 0.6 is 0 Å². The maximum Gasteiger partial charge on any atom is 0.00649 e. The molecule has 1 fully saturated rings. The number of hydrogen-bond acceptors (Lipinski definition) is 1. The molecule has 1 N–H and O–H groups in total. The van der Waals surface area contributed by atoms with Crippen molar-refractivity contribution in [1.82, 2.24) is 5.32 Å². The van der Waals surface area contributed by atoms with E-state index in [-0.39, 0.29) is 0 Å². The zero-order valence-electron chi connectivity index (χ0n) is 6.91. The molecule has 1 heterocycles. The quantitative estimate of drug-likeness (QED) is 0.572. The second-order valence-corrected chi connectivity index (χ2v) is 2.20. The predicted molar refractivity (Wildman–Crippen MR) is 42.7 cm³/mol. The van der Waals surface area contributed by atoms with Gasteiger partial charge in [0.2, 0.25) is 0 Å². The van der Waals surface area contributed by atoms with Crippen molar-refractivity contribution < 1.29 is 0 Å².